The van der Waals surface area contributed by atoms with E-state index in [0.717, 1.165) is 18.0 Å². The second-order valence-electron chi connectivity index (χ2n) is 7.12. The van der Waals surface area contributed by atoms with E-state index < -0.39 is 18.5 Å². The Balaban J connectivity index is 1.48. The first-order chi connectivity index (χ1) is 14.2. The molecule has 2 aromatic rings. The number of nitrogens with zero attached hydrogens (tertiary/aromatic N) is 4. The van der Waals surface area contributed by atoms with Crippen LogP contribution in [0.4, 0.5) is 27.8 Å². The molecule has 0 N–H and O–H groups in total. The van der Waals surface area contributed by atoms with Crippen molar-refractivity contribution in [3.63, 3.8) is 0 Å². The average Bonchev–Trinajstić information content (AvgIpc) is 3.22. The number of fused-ring (bicyclic) bond motifs is 1. The zero-order valence-electron chi connectivity index (χ0n) is 15.5. The smallest absolute Gasteiger partial charge is 0.433 e. The molecule has 2 atom stereocenters. The zero-order chi connectivity index (χ0) is 21.5. The van der Waals surface area contributed by atoms with Gasteiger partial charge in [0.05, 0.1) is 12.1 Å². The molecule has 0 spiro atoms. The molecule has 1 aromatic carbocycles. The van der Waals surface area contributed by atoms with Crippen molar-refractivity contribution in [1.82, 2.24) is 14.9 Å². The molecule has 0 saturated carbocycles. The van der Waals surface area contributed by atoms with Gasteiger partial charge in [0.1, 0.15) is 23.6 Å². The number of halogens is 5. The fourth-order valence-corrected chi connectivity index (χ4v) is 4.05. The lowest BCUT2D eigenvalue weighted by Gasteiger charge is -2.26. The van der Waals surface area contributed by atoms with Gasteiger partial charge >= 0.3 is 12.8 Å². The molecule has 0 bridgehead atoms. The summed E-state index contributed by atoms with van der Waals surface area (Å²) in [5, 5.41) is 0. The number of hydrogen-bond donors (Lipinski definition) is 0. The Bertz CT molecular complexity index is 922. The summed E-state index contributed by atoms with van der Waals surface area (Å²) in [5.74, 6) is 0.0522. The minimum atomic E-state index is -4.57. The van der Waals surface area contributed by atoms with Crippen LogP contribution in [0.25, 0.3) is 0 Å². The number of alkyl halides is 5. The summed E-state index contributed by atoms with van der Waals surface area (Å²) in [6.45, 7) is -2.17. The molecule has 4 rings (SSSR count). The molecule has 160 valence electrons. The van der Waals surface area contributed by atoms with Gasteiger partial charge in [0.25, 0.3) is 0 Å². The van der Waals surface area contributed by atoms with E-state index in [0.29, 0.717) is 13.0 Å². The SMILES string of the molecule is O=C1C[C@H]2[C@H](CCN2c2cc(C(F)(F)F)ncn2)N1Cc1ccc(OC(F)F)cc1. The van der Waals surface area contributed by atoms with Crippen LogP contribution in [0.3, 0.4) is 0 Å². The zero-order valence-corrected chi connectivity index (χ0v) is 15.5. The van der Waals surface area contributed by atoms with Gasteiger partial charge in [-0.25, -0.2) is 9.97 Å². The summed E-state index contributed by atoms with van der Waals surface area (Å²) in [7, 11) is 0. The third-order valence-electron chi connectivity index (χ3n) is 5.35. The number of amides is 1. The van der Waals surface area contributed by atoms with Gasteiger partial charge in [-0.15, -0.1) is 0 Å². The highest BCUT2D eigenvalue weighted by Crippen LogP contribution is 2.37. The van der Waals surface area contributed by atoms with E-state index in [2.05, 4.69) is 14.7 Å². The number of benzene rings is 1. The highest BCUT2D eigenvalue weighted by Gasteiger charge is 2.47. The van der Waals surface area contributed by atoms with Gasteiger partial charge in [0.15, 0.2) is 0 Å². The van der Waals surface area contributed by atoms with E-state index >= 15 is 0 Å². The number of rotatable bonds is 5. The molecule has 2 saturated heterocycles. The Morgan fingerprint density at radius 2 is 1.87 bits per heavy atom. The lowest BCUT2D eigenvalue weighted by Crippen LogP contribution is -2.37. The molecule has 0 aliphatic carbocycles. The molecule has 0 radical (unpaired) electrons. The standard InChI is InChI=1S/C19H17F5N4O2/c20-18(21)30-12-3-1-11(2-4-12)9-28-13-5-6-27(14(13)7-17(28)29)16-8-15(19(22,23)24)25-10-26-16/h1-4,8,10,13-14,18H,5-7,9H2/t13-,14-/m0/s1. The van der Waals surface area contributed by atoms with E-state index in [4.69, 9.17) is 0 Å². The second-order valence-corrected chi connectivity index (χ2v) is 7.12. The Kier molecular flexibility index (Phi) is 5.20. The van der Waals surface area contributed by atoms with Crippen LogP contribution in [0.1, 0.15) is 24.1 Å². The number of hydrogen-bond acceptors (Lipinski definition) is 5. The van der Waals surface area contributed by atoms with Gasteiger partial charge in [-0.2, -0.15) is 22.0 Å². The summed E-state index contributed by atoms with van der Waals surface area (Å²) in [4.78, 5) is 23.2. The van der Waals surface area contributed by atoms with E-state index in [-0.39, 0.29) is 42.5 Å². The van der Waals surface area contributed by atoms with Crippen LogP contribution in [0.15, 0.2) is 36.7 Å². The lowest BCUT2D eigenvalue weighted by molar-refractivity contribution is -0.141. The molecule has 2 fully saturated rings. The van der Waals surface area contributed by atoms with Gasteiger partial charge in [-0.3, -0.25) is 4.79 Å². The van der Waals surface area contributed by atoms with Crippen molar-refractivity contribution >= 4 is 11.7 Å². The van der Waals surface area contributed by atoms with Gasteiger partial charge < -0.3 is 14.5 Å². The monoisotopic (exact) mass is 428 g/mol. The molecule has 2 aliphatic heterocycles. The predicted octanol–water partition coefficient (Wildman–Crippen LogP) is 3.48. The van der Waals surface area contributed by atoms with Crippen molar-refractivity contribution < 1.29 is 31.5 Å². The van der Waals surface area contributed by atoms with Crippen LogP contribution >= 0.6 is 0 Å². The van der Waals surface area contributed by atoms with Crippen LogP contribution in [0.5, 0.6) is 5.75 Å². The quantitative estimate of drug-likeness (QED) is 0.683. The van der Waals surface area contributed by atoms with E-state index in [1.54, 1.807) is 21.9 Å². The molecule has 1 amide bonds. The van der Waals surface area contributed by atoms with E-state index in [1.807, 2.05) is 0 Å². The molecule has 6 nitrogen and oxygen atoms in total. The van der Waals surface area contributed by atoms with Crippen LogP contribution in [0, 0.1) is 0 Å². The first-order valence-corrected chi connectivity index (χ1v) is 9.21. The summed E-state index contributed by atoms with van der Waals surface area (Å²) < 4.78 is 67.7. The molecular weight excluding hydrogens is 411 g/mol. The van der Waals surface area contributed by atoms with Crippen molar-refractivity contribution in [2.24, 2.45) is 0 Å². The molecular formula is C19H17F5N4O2. The van der Waals surface area contributed by atoms with E-state index in [9.17, 15) is 26.7 Å². The largest absolute Gasteiger partial charge is 0.435 e. The van der Waals surface area contributed by atoms with Crippen molar-refractivity contribution in [3.8, 4) is 5.75 Å². The van der Waals surface area contributed by atoms with Gasteiger partial charge in [0, 0.05) is 25.6 Å². The normalized spacial score (nSPS) is 21.5. The fraction of sp³-hybridized carbons (Fsp3) is 0.421. The highest BCUT2D eigenvalue weighted by molar-refractivity contribution is 5.81. The summed E-state index contributed by atoms with van der Waals surface area (Å²) in [6.07, 6.45) is -2.94. The Morgan fingerprint density at radius 3 is 2.53 bits per heavy atom. The highest BCUT2D eigenvalue weighted by atomic mass is 19.4. The maximum Gasteiger partial charge on any atom is 0.433 e. The molecule has 30 heavy (non-hydrogen) atoms. The average molecular weight is 428 g/mol. The predicted molar refractivity (Wildman–Crippen MR) is 94.8 cm³/mol. The first-order valence-electron chi connectivity index (χ1n) is 9.21. The summed E-state index contributed by atoms with van der Waals surface area (Å²) in [6, 6.07) is 6.46. The number of ether oxygens (including phenoxy) is 1. The third-order valence-corrected chi connectivity index (χ3v) is 5.35. The number of carbonyl (C=O) groups excluding carboxylic acids is 1. The van der Waals surface area contributed by atoms with Crippen molar-refractivity contribution in [1.29, 1.82) is 0 Å². The maximum absolute atomic E-state index is 13.0. The minimum Gasteiger partial charge on any atom is -0.435 e. The lowest BCUT2D eigenvalue weighted by atomic mass is 10.1. The first kappa shape index (κ1) is 20.3. The number of anilines is 1. The summed E-state index contributed by atoms with van der Waals surface area (Å²) in [5.41, 5.74) is -0.284. The molecule has 1 aromatic heterocycles. The maximum atomic E-state index is 13.0. The van der Waals surface area contributed by atoms with Crippen molar-refractivity contribution in [2.45, 2.75) is 44.3 Å². The molecule has 3 heterocycles. The van der Waals surface area contributed by atoms with Gasteiger partial charge in [0.2, 0.25) is 5.91 Å². The number of likely N-dealkylation sites (tertiary alicyclic amines) is 1. The second kappa shape index (κ2) is 7.69. The number of carbonyl (C=O) groups is 1. The van der Waals surface area contributed by atoms with Crippen molar-refractivity contribution in [3.05, 3.63) is 47.9 Å². The Hall–Kier alpha value is -2.98. The van der Waals surface area contributed by atoms with Crippen LogP contribution in [0.2, 0.25) is 0 Å². The van der Waals surface area contributed by atoms with Gasteiger partial charge in [-0.1, -0.05) is 12.1 Å². The Morgan fingerprint density at radius 1 is 1.13 bits per heavy atom. The third kappa shape index (κ3) is 4.01. The van der Waals surface area contributed by atoms with Crippen molar-refractivity contribution in [2.75, 3.05) is 11.4 Å². The Labute approximate surface area is 168 Å². The van der Waals surface area contributed by atoms with Crippen LogP contribution in [-0.2, 0) is 17.5 Å². The fourth-order valence-electron chi connectivity index (χ4n) is 4.05. The van der Waals surface area contributed by atoms with E-state index in [1.165, 1.54) is 12.1 Å². The minimum absolute atomic E-state index is 0.0237. The molecule has 11 heteroatoms. The van der Waals surface area contributed by atoms with Crippen LogP contribution < -0.4 is 9.64 Å². The molecule has 0 unspecified atom stereocenters. The summed E-state index contributed by atoms with van der Waals surface area (Å²) >= 11 is 0. The molecule has 2 aliphatic rings. The topological polar surface area (TPSA) is 58.6 Å². The number of aromatic nitrogens is 2. The van der Waals surface area contributed by atoms with Crippen LogP contribution in [-0.4, -0.2) is 46.0 Å². The van der Waals surface area contributed by atoms with Gasteiger partial charge in [-0.05, 0) is 24.1 Å².